The summed E-state index contributed by atoms with van der Waals surface area (Å²) in [6.45, 7) is 4.91. The summed E-state index contributed by atoms with van der Waals surface area (Å²) < 4.78 is 40.2. The van der Waals surface area contributed by atoms with E-state index in [2.05, 4.69) is 0 Å². The first-order chi connectivity index (χ1) is 9.27. The molecule has 0 saturated carbocycles. The fourth-order valence-corrected chi connectivity index (χ4v) is 4.23. The molecule has 0 radical (unpaired) electrons. The molecular weight excluding hydrogens is 303 g/mol. The van der Waals surface area contributed by atoms with Crippen molar-refractivity contribution in [3.05, 3.63) is 28.5 Å². The molecule has 4 nitrogen and oxygen atoms in total. The van der Waals surface area contributed by atoms with Crippen LogP contribution in [0.3, 0.4) is 0 Å². The van der Waals surface area contributed by atoms with Crippen LogP contribution < -0.4 is 5.73 Å². The monoisotopic (exact) mass is 320 g/mol. The number of hydrogen-bond donors (Lipinski definition) is 1. The third-order valence-electron chi connectivity index (χ3n) is 3.89. The van der Waals surface area contributed by atoms with Crippen molar-refractivity contribution in [2.75, 3.05) is 13.1 Å². The second-order valence-corrected chi connectivity index (χ2v) is 7.67. The second-order valence-electron chi connectivity index (χ2n) is 5.36. The van der Waals surface area contributed by atoms with Gasteiger partial charge in [-0.3, -0.25) is 0 Å². The van der Waals surface area contributed by atoms with Crippen LogP contribution in [-0.2, 0) is 16.6 Å². The number of hydrogen-bond acceptors (Lipinski definition) is 3. The fourth-order valence-electron chi connectivity index (χ4n) is 2.34. The molecule has 2 rings (SSSR count). The predicted octanol–water partition coefficient (Wildman–Crippen LogP) is 2.21. The summed E-state index contributed by atoms with van der Waals surface area (Å²) in [6, 6.07) is 2.32. The van der Waals surface area contributed by atoms with Crippen LogP contribution in [0.2, 0.25) is 5.02 Å². The van der Waals surface area contributed by atoms with Gasteiger partial charge in [-0.05, 0) is 29.5 Å². The van der Waals surface area contributed by atoms with Gasteiger partial charge < -0.3 is 5.73 Å². The molecule has 0 spiro atoms. The average molecular weight is 321 g/mol. The minimum atomic E-state index is -3.70. The van der Waals surface area contributed by atoms with E-state index in [0.717, 1.165) is 6.07 Å². The van der Waals surface area contributed by atoms with Gasteiger partial charge in [-0.1, -0.05) is 25.4 Å². The lowest BCUT2D eigenvalue weighted by molar-refractivity contribution is 0.462. The smallest absolute Gasteiger partial charge is 0.243 e. The maximum Gasteiger partial charge on any atom is 0.243 e. The second kappa shape index (κ2) is 5.60. The maximum absolute atomic E-state index is 13.7. The van der Waals surface area contributed by atoms with E-state index in [-0.39, 0.29) is 28.3 Å². The number of nitrogens with two attached hydrogens (primary N) is 1. The minimum Gasteiger partial charge on any atom is -0.326 e. The zero-order chi connectivity index (χ0) is 15.1. The van der Waals surface area contributed by atoms with E-state index in [4.69, 9.17) is 17.3 Å². The van der Waals surface area contributed by atoms with Gasteiger partial charge in [0.1, 0.15) is 5.82 Å². The maximum atomic E-state index is 13.7. The Kier molecular flexibility index (Phi) is 4.39. The lowest BCUT2D eigenvalue weighted by Gasteiger charge is -2.17. The predicted molar refractivity (Wildman–Crippen MR) is 76.4 cm³/mol. The van der Waals surface area contributed by atoms with Gasteiger partial charge in [0.05, 0.1) is 9.92 Å². The highest BCUT2D eigenvalue weighted by Crippen LogP contribution is 2.30. The standard InChI is InChI=1S/C13H18ClFN2O2S/c1-8-6-17(7-9(8)2)20(18,19)11-3-10(5-16)13(14)12(15)4-11/h3-4,8-9H,5-7,16H2,1-2H3. The Hall–Kier alpha value is -0.690. The molecule has 1 fully saturated rings. The molecule has 1 aliphatic heterocycles. The fraction of sp³-hybridized carbons (Fsp3) is 0.538. The highest BCUT2D eigenvalue weighted by molar-refractivity contribution is 7.89. The van der Waals surface area contributed by atoms with Crippen molar-refractivity contribution in [3.63, 3.8) is 0 Å². The van der Waals surface area contributed by atoms with Crippen molar-refractivity contribution < 1.29 is 12.8 Å². The van der Waals surface area contributed by atoms with Crippen LogP contribution in [0.5, 0.6) is 0 Å². The van der Waals surface area contributed by atoms with E-state index in [9.17, 15) is 12.8 Å². The summed E-state index contributed by atoms with van der Waals surface area (Å²) in [5, 5.41) is -0.116. The van der Waals surface area contributed by atoms with Gasteiger partial charge in [0.15, 0.2) is 0 Å². The Labute approximate surface area is 123 Å². The van der Waals surface area contributed by atoms with E-state index >= 15 is 0 Å². The van der Waals surface area contributed by atoms with Crippen LogP contribution in [0.15, 0.2) is 17.0 Å². The molecule has 1 aromatic rings. The van der Waals surface area contributed by atoms with E-state index in [0.29, 0.717) is 18.7 Å². The third kappa shape index (κ3) is 2.70. The van der Waals surface area contributed by atoms with E-state index < -0.39 is 15.8 Å². The van der Waals surface area contributed by atoms with Gasteiger partial charge >= 0.3 is 0 Å². The van der Waals surface area contributed by atoms with Crippen LogP contribution in [0.1, 0.15) is 19.4 Å². The first kappa shape index (κ1) is 15.7. The summed E-state index contributed by atoms with van der Waals surface area (Å²) in [6.07, 6.45) is 0. The molecule has 0 aliphatic carbocycles. The number of sulfonamides is 1. The zero-order valence-corrected chi connectivity index (χ0v) is 13.0. The lowest BCUT2D eigenvalue weighted by Crippen LogP contribution is -2.29. The Morgan fingerprint density at radius 2 is 1.90 bits per heavy atom. The molecule has 1 aromatic carbocycles. The van der Waals surface area contributed by atoms with Gasteiger partial charge in [-0.25, -0.2) is 12.8 Å². The van der Waals surface area contributed by atoms with Crippen molar-refractivity contribution in [1.29, 1.82) is 0 Å². The van der Waals surface area contributed by atoms with Crippen molar-refractivity contribution in [2.45, 2.75) is 25.3 Å². The molecule has 20 heavy (non-hydrogen) atoms. The normalized spacial score (nSPS) is 24.2. The largest absolute Gasteiger partial charge is 0.326 e. The van der Waals surface area contributed by atoms with E-state index in [1.807, 2.05) is 13.8 Å². The Morgan fingerprint density at radius 3 is 2.40 bits per heavy atom. The van der Waals surface area contributed by atoms with Crippen molar-refractivity contribution in [3.8, 4) is 0 Å². The van der Waals surface area contributed by atoms with Crippen molar-refractivity contribution in [1.82, 2.24) is 4.31 Å². The van der Waals surface area contributed by atoms with Gasteiger partial charge in [-0.2, -0.15) is 4.31 Å². The topological polar surface area (TPSA) is 63.4 Å². The Morgan fingerprint density at radius 1 is 1.35 bits per heavy atom. The average Bonchev–Trinajstić information content (AvgIpc) is 2.73. The number of halogens is 2. The van der Waals surface area contributed by atoms with Gasteiger partial charge in [0.2, 0.25) is 10.0 Å². The van der Waals surface area contributed by atoms with E-state index in [1.165, 1.54) is 10.4 Å². The molecule has 112 valence electrons. The number of nitrogens with zero attached hydrogens (tertiary/aromatic N) is 1. The highest BCUT2D eigenvalue weighted by atomic mass is 35.5. The van der Waals surface area contributed by atoms with Crippen LogP contribution in [-0.4, -0.2) is 25.8 Å². The van der Waals surface area contributed by atoms with Crippen molar-refractivity contribution in [2.24, 2.45) is 17.6 Å². The molecule has 1 aliphatic rings. The minimum absolute atomic E-state index is 0.00802. The molecule has 7 heteroatoms. The van der Waals surface area contributed by atoms with Gasteiger partial charge in [-0.15, -0.1) is 0 Å². The van der Waals surface area contributed by atoms with Crippen LogP contribution in [0.4, 0.5) is 4.39 Å². The molecule has 2 unspecified atom stereocenters. The molecule has 0 aromatic heterocycles. The third-order valence-corrected chi connectivity index (χ3v) is 6.12. The molecule has 2 atom stereocenters. The first-order valence-corrected chi connectivity index (χ1v) is 8.27. The van der Waals surface area contributed by atoms with Gasteiger partial charge in [0, 0.05) is 19.6 Å². The van der Waals surface area contributed by atoms with E-state index in [1.54, 1.807) is 0 Å². The number of benzene rings is 1. The van der Waals surface area contributed by atoms with Gasteiger partial charge in [0.25, 0.3) is 0 Å². The van der Waals surface area contributed by atoms with Crippen LogP contribution >= 0.6 is 11.6 Å². The van der Waals surface area contributed by atoms with Crippen molar-refractivity contribution >= 4 is 21.6 Å². The van der Waals surface area contributed by atoms with Crippen LogP contribution in [0.25, 0.3) is 0 Å². The molecule has 1 saturated heterocycles. The summed E-state index contributed by atoms with van der Waals surface area (Å²) in [7, 11) is -3.70. The SMILES string of the molecule is CC1CN(S(=O)(=O)c2cc(F)c(Cl)c(CN)c2)CC1C. The summed E-state index contributed by atoms with van der Waals surface area (Å²) in [5.41, 5.74) is 5.77. The summed E-state index contributed by atoms with van der Waals surface area (Å²) >= 11 is 5.76. The molecule has 2 N–H and O–H groups in total. The highest BCUT2D eigenvalue weighted by Gasteiger charge is 2.35. The Bertz CT molecular complexity index is 611. The first-order valence-electron chi connectivity index (χ1n) is 6.45. The van der Waals surface area contributed by atoms with Crippen LogP contribution in [0, 0.1) is 17.7 Å². The summed E-state index contributed by atoms with van der Waals surface area (Å²) in [4.78, 5) is -0.0823. The summed E-state index contributed by atoms with van der Waals surface area (Å²) in [5.74, 6) is -0.180. The molecular formula is C13H18ClFN2O2S. The number of rotatable bonds is 3. The molecule has 0 amide bonds. The quantitative estimate of drug-likeness (QED) is 0.928. The lowest BCUT2D eigenvalue weighted by atomic mass is 10.0. The molecule has 0 bridgehead atoms. The molecule has 1 heterocycles. The Balaban J connectivity index is 2.43. The zero-order valence-electron chi connectivity index (χ0n) is 11.4.